The van der Waals surface area contributed by atoms with Gasteiger partial charge in [0, 0.05) is 31.1 Å². The van der Waals surface area contributed by atoms with Gasteiger partial charge in [-0.25, -0.2) is 9.37 Å². The molecule has 0 atom stereocenters. The van der Waals surface area contributed by atoms with E-state index in [1.165, 1.54) is 6.07 Å². The highest BCUT2D eigenvalue weighted by Gasteiger charge is 2.27. The molecule has 0 amide bonds. The first kappa shape index (κ1) is 18.9. The predicted molar refractivity (Wildman–Crippen MR) is 98.3 cm³/mol. The minimum atomic E-state index is -1.75. The molecule has 0 spiro atoms. The van der Waals surface area contributed by atoms with Gasteiger partial charge in [0.1, 0.15) is 17.1 Å². The molecule has 8 heteroatoms. The molecule has 1 aromatic heterocycles. The first-order valence-corrected chi connectivity index (χ1v) is 9.18. The Kier molecular flexibility index (Phi) is 6.23. The second-order valence-electron chi connectivity index (χ2n) is 5.80. The molecule has 4 nitrogen and oxygen atoms in total. The third kappa shape index (κ3) is 4.86. The summed E-state index contributed by atoms with van der Waals surface area (Å²) in [5.41, 5.74) is 0.271. The topological polar surface area (TPSA) is 34.6 Å². The summed E-state index contributed by atoms with van der Waals surface area (Å²) in [6.45, 7) is 4.79. The molecule has 1 aliphatic heterocycles. The van der Waals surface area contributed by atoms with Crippen molar-refractivity contribution in [2.75, 3.05) is 39.5 Å². The number of hydrogen-bond acceptors (Lipinski definition) is 4. The van der Waals surface area contributed by atoms with Crippen molar-refractivity contribution in [1.29, 1.82) is 0 Å². The summed E-state index contributed by atoms with van der Waals surface area (Å²) in [5, 5.41) is 0.560. The second-order valence-corrected chi connectivity index (χ2v) is 8.08. The predicted octanol–water partition coefficient (Wildman–Crippen LogP) is 4.30. The van der Waals surface area contributed by atoms with Crippen LogP contribution in [0.1, 0.15) is 12.1 Å². The van der Waals surface area contributed by atoms with Gasteiger partial charge in [-0.1, -0.05) is 40.9 Å². The van der Waals surface area contributed by atoms with E-state index in [-0.39, 0.29) is 11.2 Å². The van der Waals surface area contributed by atoms with Crippen LogP contribution in [0, 0.1) is 5.82 Å². The van der Waals surface area contributed by atoms with E-state index in [2.05, 4.69) is 9.88 Å². The van der Waals surface area contributed by atoms with Gasteiger partial charge in [0.2, 0.25) is 3.79 Å². The fourth-order valence-electron chi connectivity index (χ4n) is 2.74. The Hall–Kier alpha value is -0.850. The molecule has 0 unspecified atom stereocenters. The first-order valence-electron chi connectivity index (χ1n) is 8.04. The van der Waals surface area contributed by atoms with E-state index in [1.54, 1.807) is 18.2 Å². The lowest BCUT2D eigenvalue weighted by Crippen LogP contribution is -2.37. The highest BCUT2D eigenvalue weighted by Crippen LogP contribution is 2.40. The molecule has 0 aliphatic carbocycles. The summed E-state index contributed by atoms with van der Waals surface area (Å²) in [6.07, 6.45) is 0.836. The Morgan fingerprint density at radius 1 is 1.24 bits per heavy atom. The summed E-state index contributed by atoms with van der Waals surface area (Å²) in [6, 6.07) is 6.23. The van der Waals surface area contributed by atoms with Crippen molar-refractivity contribution >= 4 is 45.7 Å². The number of rotatable bonds is 5. The largest absolute Gasteiger partial charge is 0.493 e. The van der Waals surface area contributed by atoms with E-state index < -0.39 is 9.61 Å². The van der Waals surface area contributed by atoms with E-state index in [1.807, 2.05) is 0 Å². The van der Waals surface area contributed by atoms with Gasteiger partial charge in [0.25, 0.3) is 0 Å². The van der Waals surface area contributed by atoms with Gasteiger partial charge in [-0.3, -0.25) is 4.90 Å². The van der Waals surface area contributed by atoms with Crippen LogP contribution in [0.3, 0.4) is 0 Å². The Labute approximate surface area is 160 Å². The average Bonchev–Trinajstić information content (AvgIpc) is 2.59. The normalized spacial score (nSPS) is 16.3. The Morgan fingerprint density at radius 2 is 2.00 bits per heavy atom. The summed E-state index contributed by atoms with van der Waals surface area (Å²) < 4.78 is 23.5. The molecule has 0 radical (unpaired) electrons. The van der Waals surface area contributed by atoms with Crippen molar-refractivity contribution < 1.29 is 13.9 Å². The third-order valence-electron chi connectivity index (χ3n) is 4.02. The number of para-hydroxylation sites is 1. The molecule has 0 bridgehead atoms. The average molecular weight is 408 g/mol. The number of ether oxygens (including phenoxy) is 2. The Morgan fingerprint density at radius 3 is 2.72 bits per heavy atom. The Balaban J connectivity index is 1.74. The standard InChI is InChI=1S/C17H18Cl3FN2O2/c18-17(19,20)15-11-14(12-3-1-4-13(21)16(12)22-15)25-8-2-5-23-6-9-24-10-7-23/h1,3-4,11H,2,5-10H2. The van der Waals surface area contributed by atoms with Crippen LogP contribution in [-0.4, -0.2) is 49.3 Å². The molecule has 1 fully saturated rings. The third-order valence-corrected chi connectivity index (χ3v) is 4.60. The highest BCUT2D eigenvalue weighted by atomic mass is 35.6. The van der Waals surface area contributed by atoms with Crippen molar-refractivity contribution in [2.24, 2.45) is 0 Å². The molecule has 0 saturated carbocycles. The molecule has 2 heterocycles. The highest BCUT2D eigenvalue weighted by molar-refractivity contribution is 6.66. The molecule has 2 aromatic rings. The fourth-order valence-corrected chi connectivity index (χ4v) is 3.03. The van der Waals surface area contributed by atoms with E-state index >= 15 is 0 Å². The number of nitrogens with zero attached hydrogens (tertiary/aromatic N) is 2. The van der Waals surface area contributed by atoms with Gasteiger partial charge < -0.3 is 9.47 Å². The minimum Gasteiger partial charge on any atom is -0.493 e. The monoisotopic (exact) mass is 406 g/mol. The zero-order chi connectivity index (χ0) is 17.9. The zero-order valence-electron chi connectivity index (χ0n) is 13.5. The van der Waals surface area contributed by atoms with Gasteiger partial charge in [-0.2, -0.15) is 0 Å². The molecule has 3 rings (SSSR count). The molecule has 0 N–H and O–H groups in total. The first-order chi connectivity index (χ1) is 11.9. The Bertz CT molecular complexity index is 734. The van der Waals surface area contributed by atoms with Crippen LogP contribution in [0.5, 0.6) is 5.75 Å². The quantitative estimate of drug-likeness (QED) is 0.547. The molecule has 1 saturated heterocycles. The van der Waals surface area contributed by atoms with Crippen LogP contribution in [0.15, 0.2) is 24.3 Å². The van der Waals surface area contributed by atoms with Crippen LogP contribution >= 0.6 is 34.8 Å². The summed E-state index contributed by atoms with van der Waals surface area (Å²) in [7, 11) is 0. The number of hydrogen-bond donors (Lipinski definition) is 0. The number of morpholine rings is 1. The van der Waals surface area contributed by atoms with Crippen molar-refractivity contribution in [3.8, 4) is 5.75 Å². The molecular weight excluding hydrogens is 390 g/mol. The van der Waals surface area contributed by atoms with E-state index in [4.69, 9.17) is 44.3 Å². The zero-order valence-corrected chi connectivity index (χ0v) is 15.7. The summed E-state index contributed by atoms with van der Waals surface area (Å²) >= 11 is 17.8. The molecule has 136 valence electrons. The van der Waals surface area contributed by atoms with E-state index in [0.717, 1.165) is 39.3 Å². The van der Waals surface area contributed by atoms with Crippen LogP contribution in [-0.2, 0) is 8.53 Å². The van der Waals surface area contributed by atoms with Gasteiger partial charge in [-0.05, 0) is 18.6 Å². The van der Waals surface area contributed by atoms with Crippen LogP contribution in [0.2, 0.25) is 0 Å². The maximum atomic E-state index is 14.1. The number of halogens is 4. The van der Waals surface area contributed by atoms with Gasteiger partial charge in [0.15, 0.2) is 0 Å². The van der Waals surface area contributed by atoms with Gasteiger partial charge in [0.05, 0.1) is 25.5 Å². The summed E-state index contributed by atoms with van der Waals surface area (Å²) in [5.74, 6) is -0.0143. The minimum absolute atomic E-state index is 0.134. The molecule has 25 heavy (non-hydrogen) atoms. The van der Waals surface area contributed by atoms with Crippen LogP contribution < -0.4 is 4.74 Å². The van der Waals surface area contributed by atoms with E-state index in [9.17, 15) is 4.39 Å². The lowest BCUT2D eigenvalue weighted by atomic mass is 10.1. The maximum Gasteiger partial charge on any atom is 0.232 e. The van der Waals surface area contributed by atoms with Crippen LogP contribution in [0.4, 0.5) is 4.39 Å². The van der Waals surface area contributed by atoms with Gasteiger partial charge >= 0.3 is 0 Å². The van der Waals surface area contributed by atoms with Crippen molar-refractivity contribution in [1.82, 2.24) is 9.88 Å². The van der Waals surface area contributed by atoms with Crippen molar-refractivity contribution in [3.63, 3.8) is 0 Å². The molecule has 1 aromatic carbocycles. The lowest BCUT2D eigenvalue weighted by molar-refractivity contribution is 0.0358. The number of benzene rings is 1. The number of pyridine rings is 1. The second kappa shape index (κ2) is 8.23. The van der Waals surface area contributed by atoms with Crippen LogP contribution in [0.25, 0.3) is 10.9 Å². The van der Waals surface area contributed by atoms with Crippen molar-refractivity contribution in [2.45, 2.75) is 10.2 Å². The maximum absolute atomic E-state index is 14.1. The number of fused-ring (bicyclic) bond motifs is 1. The summed E-state index contributed by atoms with van der Waals surface area (Å²) in [4.78, 5) is 6.46. The van der Waals surface area contributed by atoms with Gasteiger partial charge in [-0.15, -0.1) is 0 Å². The van der Waals surface area contributed by atoms with Crippen molar-refractivity contribution in [3.05, 3.63) is 35.8 Å². The van der Waals surface area contributed by atoms with E-state index in [0.29, 0.717) is 17.7 Å². The molecular formula is C17H18Cl3FN2O2. The smallest absolute Gasteiger partial charge is 0.232 e. The molecule has 1 aliphatic rings. The lowest BCUT2D eigenvalue weighted by Gasteiger charge is -2.26. The SMILES string of the molecule is Fc1cccc2c(OCCCN3CCOCC3)cc(C(Cl)(Cl)Cl)nc12. The number of aromatic nitrogens is 1. The number of alkyl halides is 3. The fraction of sp³-hybridized carbons (Fsp3) is 0.471.